The minimum atomic E-state index is -0.955. The molecule has 0 aliphatic carbocycles. The van der Waals surface area contributed by atoms with E-state index in [9.17, 15) is 4.79 Å². The first-order chi connectivity index (χ1) is 7.45. The van der Waals surface area contributed by atoms with E-state index >= 15 is 0 Å². The van der Waals surface area contributed by atoms with E-state index in [1.54, 1.807) is 20.8 Å². The third kappa shape index (κ3) is 3.26. The standard InChI is InChI=1S/C13H18O3/c1-5-15-12(14)13(3,4)16-11-8-6-7-10(2)9-11/h6-9H,5H2,1-4H3. The van der Waals surface area contributed by atoms with Gasteiger partial charge in [0, 0.05) is 0 Å². The third-order valence-electron chi connectivity index (χ3n) is 2.13. The molecule has 3 nitrogen and oxygen atoms in total. The van der Waals surface area contributed by atoms with Crippen molar-refractivity contribution in [2.75, 3.05) is 6.61 Å². The number of benzene rings is 1. The van der Waals surface area contributed by atoms with Gasteiger partial charge in [0.25, 0.3) is 0 Å². The fourth-order valence-corrected chi connectivity index (χ4v) is 1.32. The van der Waals surface area contributed by atoms with Crippen LogP contribution in [0.15, 0.2) is 24.3 Å². The van der Waals surface area contributed by atoms with E-state index in [4.69, 9.17) is 9.47 Å². The first-order valence-electron chi connectivity index (χ1n) is 5.38. The van der Waals surface area contributed by atoms with Gasteiger partial charge in [0.05, 0.1) is 6.61 Å². The average molecular weight is 222 g/mol. The van der Waals surface area contributed by atoms with Gasteiger partial charge >= 0.3 is 5.97 Å². The largest absolute Gasteiger partial charge is 0.476 e. The van der Waals surface area contributed by atoms with Crippen molar-refractivity contribution in [3.05, 3.63) is 29.8 Å². The predicted molar refractivity (Wildman–Crippen MR) is 62.5 cm³/mol. The highest BCUT2D eigenvalue weighted by molar-refractivity contribution is 5.79. The lowest BCUT2D eigenvalue weighted by atomic mass is 10.1. The van der Waals surface area contributed by atoms with Crippen LogP contribution in [-0.2, 0) is 9.53 Å². The molecule has 3 heteroatoms. The lowest BCUT2D eigenvalue weighted by Crippen LogP contribution is -2.39. The SMILES string of the molecule is CCOC(=O)C(C)(C)Oc1cccc(C)c1. The summed E-state index contributed by atoms with van der Waals surface area (Å²) in [4.78, 5) is 11.6. The van der Waals surface area contributed by atoms with Crippen molar-refractivity contribution in [3.8, 4) is 5.75 Å². The van der Waals surface area contributed by atoms with Gasteiger partial charge in [0.2, 0.25) is 0 Å². The van der Waals surface area contributed by atoms with Crippen LogP contribution < -0.4 is 4.74 Å². The van der Waals surface area contributed by atoms with Gasteiger partial charge in [-0.3, -0.25) is 0 Å². The van der Waals surface area contributed by atoms with Crippen LogP contribution in [0.4, 0.5) is 0 Å². The van der Waals surface area contributed by atoms with Crippen LogP contribution in [0.3, 0.4) is 0 Å². The summed E-state index contributed by atoms with van der Waals surface area (Å²) in [5.74, 6) is 0.328. The number of aryl methyl sites for hydroxylation is 1. The quantitative estimate of drug-likeness (QED) is 0.735. The molecule has 16 heavy (non-hydrogen) atoms. The van der Waals surface area contributed by atoms with Crippen molar-refractivity contribution >= 4 is 5.97 Å². The molecular weight excluding hydrogens is 204 g/mol. The number of hydrogen-bond donors (Lipinski definition) is 0. The average Bonchev–Trinajstić information content (AvgIpc) is 2.17. The van der Waals surface area contributed by atoms with Crippen LogP contribution in [0.2, 0.25) is 0 Å². The summed E-state index contributed by atoms with van der Waals surface area (Å²) in [5, 5.41) is 0. The maximum Gasteiger partial charge on any atom is 0.349 e. The molecule has 0 unspecified atom stereocenters. The van der Waals surface area contributed by atoms with Crippen molar-refractivity contribution in [2.45, 2.75) is 33.3 Å². The lowest BCUT2D eigenvalue weighted by Gasteiger charge is -2.24. The summed E-state index contributed by atoms with van der Waals surface area (Å²) in [5.41, 5.74) is 0.140. The zero-order valence-corrected chi connectivity index (χ0v) is 10.2. The Balaban J connectivity index is 2.75. The molecule has 1 aromatic rings. The summed E-state index contributed by atoms with van der Waals surface area (Å²) >= 11 is 0. The Hall–Kier alpha value is -1.51. The summed E-state index contributed by atoms with van der Waals surface area (Å²) in [6.07, 6.45) is 0. The normalized spacial score (nSPS) is 11.0. The van der Waals surface area contributed by atoms with E-state index in [0.717, 1.165) is 5.56 Å². The fraction of sp³-hybridized carbons (Fsp3) is 0.462. The number of rotatable bonds is 4. The number of hydrogen-bond acceptors (Lipinski definition) is 3. The molecule has 0 aliphatic heterocycles. The van der Waals surface area contributed by atoms with Crippen LogP contribution >= 0.6 is 0 Å². The van der Waals surface area contributed by atoms with Crippen LogP contribution in [0.1, 0.15) is 26.3 Å². The van der Waals surface area contributed by atoms with Gasteiger partial charge in [-0.25, -0.2) is 4.79 Å². The Kier molecular flexibility index (Phi) is 3.93. The maximum absolute atomic E-state index is 11.6. The van der Waals surface area contributed by atoms with Crippen LogP contribution in [0.5, 0.6) is 5.75 Å². The monoisotopic (exact) mass is 222 g/mol. The fourth-order valence-electron chi connectivity index (χ4n) is 1.32. The van der Waals surface area contributed by atoms with Gasteiger partial charge in [-0.05, 0) is 45.4 Å². The Labute approximate surface area is 96.4 Å². The van der Waals surface area contributed by atoms with Crippen molar-refractivity contribution in [1.82, 2.24) is 0 Å². The van der Waals surface area contributed by atoms with E-state index < -0.39 is 5.60 Å². The number of carbonyl (C=O) groups is 1. The smallest absolute Gasteiger partial charge is 0.349 e. The van der Waals surface area contributed by atoms with Gasteiger partial charge < -0.3 is 9.47 Å². The van der Waals surface area contributed by atoms with Crippen LogP contribution in [0.25, 0.3) is 0 Å². The van der Waals surface area contributed by atoms with Gasteiger partial charge in [0.1, 0.15) is 5.75 Å². The highest BCUT2D eigenvalue weighted by atomic mass is 16.6. The molecule has 0 saturated carbocycles. The van der Waals surface area contributed by atoms with Crippen molar-refractivity contribution < 1.29 is 14.3 Å². The molecule has 0 atom stereocenters. The van der Waals surface area contributed by atoms with E-state index in [1.807, 2.05) is 31.2 Å². The number of carbonyl (C=O) groups excluding carboxylic acids is 1. The topological polar surface area (TPSA) is 35.5 Å². The second-order valence-electron chi connectivity index (χ2n) is 4.15. The van der Waals surface area contributed by atoms with E-state index in [-0.39, 0.29) is 5.97 Å². The number of esters is 1. The van der Waals surface area contributed by atoms with Gasteiger partial charge in [-0.2, -0.15) is 0 Å². The molecule has 1 aromatic carbocycles. The first-order valence-corrected chi connectivity index (χ1v) is 5.38. The predicted octanol–water partition coefficient (Wildman–Crippen LogP) is 2.72. The molecule has 0 radical (unpaired) electrons. The molecule has 0 fully saturated rings. The lowest BCUT2D eigenvalue weighted by molar-refractivity contribution is -0.158. The highest BCUT2D eigenvalue weighted by Gasteiger charge is 2.31. The van der Waals surface area contributed by atoms with Gasteiger partial charge in [-0.15, -0.1) is 0 Å². The first kappa shape index (κ1) is 12.6. The van der Waals surface area contributed by atoms with Crippen molar-refractivity contribution in [3.63, 3.8) is 0 Å². The second-order valence-corrected chi connectivity index (χ2v) is 4.15. The summed E-state index contributed by atoms with van der Waals surface area (Å²) < 4.78 is 10.6. The minimum Gasteiger partial charge on any atom is -0.476 e. The summed E-state index contributed by atoms with van der Waals surface area (Å²) in [6, 6.07) is 7.59. The molecule has 0 bridgehead atoms. The van der Waals surface area contributed by atoms with Crippen molar-refractivity contribution in [2.24, 2.45) is 0 Å². The molecule has 0 aromatic heterocycles. The zero-order chi connectivity index (χ0) is 12.2. The Morgan fingerprint density at radius 3 is 2.62 bits per heavy atom. The molecule has 88 valence electrons. The van der Waals surface area contributed by atoms with Gasteiger partial charge in [-0.1, -0.05) is 12.1 Å². The summed E-state index contributed by atoms with van der Waals surface area (Å²) in [7, 11) is 0. The van der Waals surface area contributed by atoms with Crippen molar-refractivity contribution in [1.29, 1.82) is 0 Å². The zero-order valence-electron chi connectivity index (χ0n) is 10.2. The van der Waals surface area contributed by atoms with Crippen LogP contribution in [0, 0.1) is 6.92 Å². The molecule has 0 spiro atoms. The molecule has 1 rings (SSSR count). The minimum absolute atomic E-state index is 0.350. The molecular formula is C13H18O3. The maximum atomic E-state index is 11.6. The Morgan fingerprint density at radius 2 is 2.06 bits per heavy atom. The summed E-state index contributed by atoms with van der Waals surface area (Å²) in [6.45, 7) is 7.52. The Bertz CT molecular complexity index is 369. The van der Waals surface area contributed by atoms with Crippen LogP contribution in [-0.4, -0.2) is 18.2 Å². The van der Waals surface area contributed by atoms with E-state index in [0.29, 0.717) is 12.4 Å². The third-order valence-corrected chi connectivity index (χ3v) is 2.13. The Morgan fingerprint density at radius 1 is 1.38 bits per heavy atom. The van der Waals surface area contributed by atoms with Gasteiger partial charge in [0.15, 0.2) is 5.60 Å². The highest BCUT2D eigenvalue weighted by Crippen LogP contribution is 2.20. The molecule has 0 N–H and O–H groups in total. The molecule has 0 heterocycles. The van der Waals surface area contributed by atoms with E-state index in [1.165, 1.54) is 0 Å². The molecule has 0 saturated heterocycles. The molecule has 0 amide bonds. The van der Waals surface area contributed by atoms with E-state index in [2.05, 4.69) is 0 Å². The number of ether oxygens (including phenoxy) is 2. The molecule has 0 aliphatic rings. The second kappa shape index (κ2) is 5.01.